The van der Waals surface area contributed by atoms with Crippen molar-refractivity contribution in [3.8, 4) is 11.5 Å². The Morgan fingerprint density at radius 2 is 2.09 bits per heavy atom. The molecule has 0 radical (unpaired) electrons. The van der Waals surface area contributed by atoms with Gasteiger partial charge in [0.1, 0.15) is 17.1 Å². The number of aryl methyl sites for hydroxylation is 1. The van der Waals surface area contributed by atoms with Crippen LogP contribution in [0.3, 0.4) is 0 Å². The maximum absolute atomic E-state index is 11.5. The Morgan fingerprint density at radius 1 is 1.27 bits per heavy atom. The molecule has 1 aromatic heterocycles. The zero-order valence-corrected chi connectivity index (χ0v) is 12.6. The molecule has 2 heterocycles. The maximum atomic E-state index is 11.5. The van der Waals surface area contributed by atoms with Crippen molar-refractivity contribution in [1.29, 1.82) is 0 Å². The van der Waals surface area contributed by atoms with E-state index in [1.807, 2.05) is 32.0 Å². The van der Waals surface area contributed by atoms with Gasteiger partial charge < -0.3 is 14.8 Å². The lowest BCUT2D eigenvalue weighted by Gasteiger charge is -2.33. The number of para-hydroxylation sites is 1. The first-order valence-electron chi connectivity index (χ1n) is 7.43. The largest absolute Gasteiger partial charge is 0.506 e. The molecule has 0 spiro atoms. The highest BCUT2D eigenvalue weighted by Crippen LogP contribution is 2.42. The first-order valence-corrected chi connectivity index (χ1v) is 7.43. The number of hydrogen-bond acceptors (Lipinski definition) is 3. The highest BCUT2D eigenvalue weighted by Gasteiger charge is 2.30. The fourth-order valence-electron chi connectivity index (χ4n) is 3.32. The number of ether oxygens (including phenoxy) is 1. The molecule has 0 amide bonds. The Balaban J connectivity index is 2.13. The Labute approximate surface area is 127 Å². The quantitative estimate of drug-likeness (QED) is 0.668. The minimum absolute atomic E-state index is 0.215. The second-order valence-corrected chi connectivity index (χ2v) is 6.50. The van der Waals surface area contributed by atoms with Gasteiger partial charge >= 0.3 is 0 Å². The van der Waals surface area contributed by atoms with Crippen molar-refractivity contribution in [2.45, 2.75) is 32.3 Å². The molecular weight excluding hydrogens is 278 g/mol. The minimum Gasteiger partial charge on any atom is -0.506 e. The number of aromatic hydroxyl groups is 1. The molecule has 4 rings (SSSR count). The lowest BCUT2D eigenvalue weighted by molar-refractivity contribution is 0.0830. The standard InChI is InChI=1S/C18H17NO3/c1-18(2)7-6-12-15-13(8-10(9-20)17(12)22-18)11-4-3-5-14(21)16(11)19-15/h3-5,8-9,19,21H,6-7H2,1-2H3. The number of phenolic OH excluding ortho intramolecular Hbond substituents is 1. The summed E-state index contributed by atoms with van der Waals surface area (Å²) in [5.41, 5.74) is 2.97. The minimum atomic E-state index is -0.271. The van der Waals surface area contributed by atoms with Crippen molar-refractivity contribution in [2.24, 2.45) is 0 Å². The third kappa shape index (κ3) is 1.73. The van der Waals surface area contributed by atoms with E-state index >= 15 is 0 Å². The maximum Gasteiger partial charge on any atom is 0.153 e. The van der Waals surface area contributed by atoms with E-state index in [1.54, 1.807) is 6.07 Å². The fourth-order valence-corrected chi connectivity index (χ4v) is 3.32. The second kappa shape index (κ2) is 4.26. The lowest BCUT2D eigenvalue weighted by Crippen LogP contribution is -2.33. The number of aromatic amines is 1. The molecule has 0 aliphatic carbocycles. The van der Waals surface area contributed by atoms with E-state index < -0.39 is 0 Å². The number of aromatic nitrogens is 1. The van der Waals surface area contributed by atoms with Gasteiger partial charge in [0.05, 0.1) is 16.6 Å². The summed E-state index contributed by atoms with van der Waals surface area (Å²) in [5.74, 6) is 0.886. The number of aldehydes is 1. The van der Waals surface area contributed by atoms with Gasteiger partial charge in [0.15, 0.2) is 6.29 Å². The van der Waals surface area contributed by atoms with Gasteiger partial charge in [-0.3, -0.25) is 4.79 Å². The summed E-state index contributed by atoms with van der Waals surface area (Å²) in [6.07, 6.45) is 2.58. The topological polar surface area (TPSA) is 62.3 Å². The summed E-state index contributed by atoms with van der Waals surface area (Å²) >= 11 is 0. The first kappa shape index (κ1) is 13.2. The van der Waals surface area contributed by atoms with Gasteiger partial charge in [-0.25, -0.2) is 0 Å². The Kier molecular flexibility index (Phi) is 2.55. The van der Waals surface area contributed by atoms with Crippen LogP contribution in [0.25, 0.3) is 21.8 Å². The van der Waals surface area contributed by atoms with E-state index in [1.165, 1.54) is 0 Å². The molecule has 0 saturated heterocycles. The van der Waals surface area contributed by atoms with E-state index in [2.05, 4.69) is 4.98 Å². The summed E-state index contributed by atoms with van der Waals surface area (Å²) in [7, 11) is 0. The van der Waals surface area contributed by atoms with Crippen molar-refractivity contribution < 1.29 is 14.6 Å². The summed E-state index contributed by atoms with van der Waals surface area (Å²) in [6.45, 7) is 4.07. The molecule has 22 heavy (non-hydrogen) atoms. The summed E-state index contributed by atoms with van der Waals surface area (Å²) in [6, 6.07) is 7.26. The SMILES string of the molecule is CC1(C)CCc2c(c(C=O)cc3c2[nH]c2c(O)cccc23)O1. The van der Waals surface area contributed by atoms with Gasteiger partial charge in [0.2, 0.25) is 0 Å². The third-order valence-electron chi connectivity index (χ3n) is 4.47. The lowest BCUT2D eigenvalue weighted by atomic mass is 9.91. The number of rotatable bonds is 1. The van der Waals surface area contributed by atoms with Gasteiger partial charge in [-0.1, -0.05) is 12.1 Å². The van der Waals surface area contributed by atoms with Gasteiger partial charge in [-0.05, 0) is 38.8 Å². The zero-order chi connectivity index (χ0) is 15.5. The molecule has 2 aromatic carbocycles. The predicted molar refractivity (Wildman–Crippen MR) is 85.9 cm³/mol. The number of carbonyl (C=O) groups is 1. The van der Waals surface area contributed by atoms with E-state index in [4.69, 9.17) is 4.74 Å². The van der Waals surface area contributed by atoms with Crippen LogP contribution in [-0.2, 0) is 6.42 Å². The number of fused-ring (bicyclic) bond motifs is 5. The van der Waals surface area contributed by atoms with Crippen LogP contribution >= 0.6 is 0 Å². The molecule has 0 bridgehead atoms. The molecule has 0 unspecified atom stereocenters. The molecule has 0 atom stereocenters. The Bertz CT molecular complexity index is 921. The smallest absolute Gasteiger partial charge is 0.153 e. The van der Waals surface area contributed by atoms with Crippen molar-refractivity contribution >= 4 is 28.1 Å². The molecule has 2 N–H and O–H groups in total. The molecular formula is C18H17NO3. The first-order chi connectivity index (χ1) is 10.5. The number of phenols is 1. The van der Waals surface area contributed by atoms with Gasteiger partial charge in [0.25, 0.3) is 0 Å². The van der Waals surface area contributed by atoms with E-state index in [0.29, 0.717) is 16.8 Å². The average molecular weight is 295 g/mol. The number of benzene rings is 2. The van der Waals surface area contributed by atoms with Crippen molar-refractivity contribution in [2.75, 3.05) is 0 Å². The van der Waals surface area contributed by atoms with Crippen LogP contribution in [0.5, 0.6) is 11.5 Å². The second-order valence-electron chi connectivity index (χ2n) is 6.50. The van der Waals surface area contributed by atoms with E-state index in [0.717, 1.165) is 41.0 Å². The molecule has 1 aliphatic heterocycles. The van der Waals surface area contributed by atoms with Crippen molar-refractivity contribution in [3.05, 3.63) is 35.4 Å². The highest BCUT2D eigenvalue weighted by atomic mass is 16.5. The molecule has 3 aromatic rings. The average Bonchev–Trinajstić information content (AvgIpc) is 2.85. The van der Waals surface area contributed by atoms with Gasteiger partial charge in [0, 0.05) is 16.3 Å². The van der Waals surface area contributed by atoms with Crippen LogP contribution in [0.2, 0.25) is 0 Å². The summed E-state index contributed by atoms with van der Waals surface area (Å²) in [4.78, 5) is 14.8. The number of hydrogen-bond donors (Lipinski definition) is 2. The third-order valence-corrected chi connectivity index (χ3v) is 4.47. The Morgan fingerprint density at radius 3 is 2.86 bits per heavy atom. The van der Waals surface area contributed by atoms with Crippen LogP contribution in [-0.4, -0.2) is 22.0 Å². The van der Waals surface area contributed by atoms with Gasteiger partial charge in [-0.15, -0.1) is 0 Å². The van der Waals surface area contributed by atoms with Crippen molar-refractivity contribution in [1.82, 2.24) is 4.98 Å². The monoisotopic (exact) mass is 295 g/mol. The number of carbonyl (C=O) groups excluding carboxylic acids is 1. The summed E-state index contributed by atoms with van der Waals surface area (Å²) in [5, 5.41) is 11.9. The van der Waals surface area contributed by atoms with Crippen LogP contribution < -0.4 is 4.74 Å². The van der Waals surface area contributed by atoms with Crippen LogP contribution in [0.1, 0.15) is 36.2 Å². The molecule has 0 saturated carbocycles. The van der Waals surface area contributed by atoms with Gasteiger partial charge in [-0.2, -0.15) is 0 Å². The molecule has 4 nitrogen and oxygen atoms in total. The normalized spacial score (nSPS) is 16.5. The van der Waals surface area contributed by atoms with Crippen LogP contribution in [0.15, 0.2) is 24.3 Å². The zero-order valence-electron chi connectivity index (χ0n) is 12.6. The molecule has 0 fully saturated rings. The van der Waals surface area contributed by atoms with Crippen LogP contribution in [0, 0.1) is 0 Å². The predicted octanol–water partition coefficient (Wildman–Crippen LogP) is 3.94. The van der Waals surface area contributed by atoms with E-state index in [-0.39, 0.29) is 11.4 Å². The number of nitrogens with one attached hydrogen (secondary N) is 1. The highest BCUT2D eigenvalue weighted by molar-refractivity contribution is 6.12. The fraction of sp³-hybridized carbons (Fsp3) is 0.278. The Hall–Kier alpha value is -2.49. The molecule has 112 valence electrons. The molecule has 4 heteroatoms. The number of H-pyrrole nitrogens is 1. The summed E-state index contributed by atoms with van der Waals surface area (Å²) < 4.78 is 6.06. The van der Waals surface area contributed by atoms with Crippen LogP contribution in [0.4, 0.5) is 0 Å². The molecule has 1 aliphatic rings. The van der Waals surface area contributed by atoms with E-state index in [9.17, 15) is 9.90 Å². The van der Waals surface area contributed by atoms with Crippen molar-refractivity contribution in [3.63, 3.8) is 0 Å².